The van der Waals surface area contributed by atoms with Crippen molar-refractivity contribution in [1.29, 1.82) is 0 Å². The van der Waals surface area contributed by atoms with Gasteiger partial charge in [-0.25, -0.2) is 0 Å². The van der Waals surface area contributed by atoms with Gasteiger partial charge in [0.1, 0.15) is 0 Å². The van der Waals surface area contributed by atoms with Crippen molar-refractivity contribution in [3.63, 3.8) is 0 Å². The Bertz CT molecular complexity index is 41.6. The Kier molecular flexibility index (Phi) is 2.96. The summed E-state index contributed by atoms with van der Waals surface area (Å²) in [4.78, 5) is 0. The Morgan fingerprint density at radius 3 is 1.80 bits per heavy atom. The molecule has 0 rings (SSSR count). The van der Waals surface area contributed by atoms with Crippen LogP contribution < -0.4 is 0 Å². The molecule has 0 amide bonds. The van der Waals surface area contributed by atoms with Crippen molar-refractivity contribution >= 4 is 0 Å². The van der Waals surface area contributed by atoms with Gasteiger partial charge in [-0.2, -0.15) is 0 Å². The summed E-state index contributed by atoms with van der Waals surface area (Å²) in [5.41, 5.74) is 1.30. The molecular weight excluding hydrogens is 156 g/mol. The van der Waals surface area contributed by atoms with Crippen LogP contribution in [0.5, 0.6) is 0 Å². The third-order valence-electron chi connectivity index (χ3n) is 0.174. The predicted octanol–water partition coefficient (Wildman–Crippen LogP) is 1.46. The molecule has 0 aliphatic rings. The summed E-state index contributed by atoms with van der Waals surface area (Å²) < 4.78 is 1.89. The Morgan fingerprint density at radius 1 is 1.60 bits per heavy atom. The van der Waals surface area contributed by atoms with E-state index >= 15 is 0 Å². The van der Waals surface area contributed by atoms with Gasteiger partial charge in [-0.1, -0.05) is 0 Å². The summed E-state index contributed by atoms with van der Waals surface area (Å²) in [6.45, 7) is 4.07. The molecule has 1 heteroatoms. The van der Waals surface area contributed by atoms with Crippen LogP contribution in [0.2, 0.25) is 0 Å². The van der Waals surface area contributed by atoms with Crippen molar-refractivity contribution < 1.29 is 21.1 Å². The van der Waals surface area contributed by atoms with Gasteiger partial charge in [0.25, 0.3) is 0 Å². The van der Waals surface area contributed by atoms with Crippen molar-refractivity contribution in [2.75, 3.05) is 0 Å². The summed E-state index contributed by atoms with van der Waals surface area (Å²) in [6.07, 6.45) is 0. The monoisotopic (exact) mass is 162 g/mol. The first-order valence-electron chi connectivity index (χ1n) is 1.46. The Balaban J connectivity index is 3.14. The van der Waals surface area contributed by atoms with E-state index in [4.69, 9.17) is 0 Å². The first-order chi connectivity index (χ1) is 2.27. The fraction of sp³-hybridized carbons (Fsp3) is 0.500. The van der Waals surface area contributed by atoms with E-state index in [0.29, 0.717) is 0 Å². The van der Waals surface area contributed by atoms with Gasteiger partial charge in [-0.15, -0.1) is 0 Å². The van der Waals surface area contributed by atoms with Crippen molar-refractivity contribution in [1.82, 2.24) is 0 Å². The molecule has 0 heterocycles. The molecule has 0 spiro atoms. The number of hydrogen-bond donors (Lipinski definition) is 0. The van der Waals surface area contributed by atoms with E-state index in [2.05, 4.69) is 21.1 Å². The van der Waals surface area contributed by atoms with Gasteiger partial charge in [-0.05, 0) is 0 Å². The summed E-state index contributed by atoms with van der Waals surface area (Å²) in [7, 11) is 0. The van der Waals surface area contributed by atoms with Crippen molar-refractivity contribution in [3.8, 4) is 0 Å². The van der Waals surface area contributed by atoms with Crippen molar-refractivity contribution in [2.45, 2.75) is 13.8 Å². The minimum atomic E-state index is 1.30. The van der Waals surface area contributed by atoms with E-state index in [9.17, 15) is 0 Å². The molecule has 0 aromatic rings. The molecule has 0 aromatic heterocycles. The SMILES string of the molecule is CC(C)=[CH][Ag]. The third-order valence-corrected chi connectivity index (χ3v) is 1.03. The molecule has 0 nitrogen and oxygen atoms in total. The van der Waals surface area contributed by atoms with Crippen LogP contribution >= 0.6 is 0 Å². The average molecular weight is 163 g/mol. The van der Waals surface area contributed by atoms with E-state index in [1.807, 2.05) is 18.1 Å². The summed E-state index contributed by atoms with van der Waals surface area (Å²) in [5, 5.41) is 0. The van der Waals surface area contributed by atoms with Crippen molar-refractivity contribution in [3.05, 3.63) is 9.87 Å². The second kappa shape index (κ2) is 2.70. The second-order valence-corrected chi connectivity index (χ2v) is 1.59. The number of hydrogen-bond acceptors (Lipinski definition) is 0. The van der Waals surface area contributed by atoms with Crippen LogP contribution in [0, 0.1) is 0 Å². The van der Waals surface area contributed by atoms with Gasteiger partial charge in [0.2, 0.25) is 0 Å². The molecule has 0 aromatic carbocycles. The van der Waals surface area contributed by atoms with Gasteiger partial charge >= 0.3 is 44.8 Å². The molecule has 0 unspecified atom stereocenters. The fourth-order valence-electron chi connectivity index (χ4n) is 0. The average Bonchev–Trinajstić information content (AvgIpc) is 1.38. The van der Waals surface area contributed by atoms with E-state index in [-0.39, 0.29) is 0 Å². The molecule has 0 bridgehead atoms. The van der Waals surface area contributed by atoms with Gasteiger partial charge in [-0.3, -0.25) is 0 Å². The van der Waals surface area contributed by atoms with Gasteiger partial charge < -0.3 is 0 Å². The summed E-state index contributed by atoms with van der Waals surface area (Å²) in [6, 6.07) is 0. The molecule has 0 atom stereocenters. The van der Waals surface area contributed by atoms with Gasteiger partial charge in [0.15, 0.2) is 0 Å². The van der Waals surface area contributed by atoms with E-state index in [0.717, 1.165) is 0 Å². The fourth-order valence-corrected chi connectivity index (χ4v) is 0. The molecule has 0 aliphatic carbocycles. The second-order valence-electron chi connectivity index (χ2n) is 1.16. The Hall–Kier alpha value is 0.480. The van der Waals surface area contributed by atoms with Crippen LogP contribution in [-0.4, -0.2) is 0 Å². The molecule has 0 radical (unpaired) electrons. The zero-order chi connectivity index (χ0) is 4.28. The van der Waals surface area contributed by atoms with Crippen LogP contribution in [0.3, 0.4) is 0 Å². The van der Waals surface area contributed by atoms with Crippen molar-refractivity contribution in [2.24, 2.45) is 0 Å². The first kappa shape index (κ1) is 5.48. The first-order valence-corrected chi connectivity index (χ1v) is 2.32. The zero-order valence-electron chi connectivity index (χ0n) is 3.38. The number of allylic oxidation sites excluding steroid dienone is 1. The quantitative estimate of drug-likeness (QED) is 0.474. The van der Waals surface area contributed by atoms with E-state index in [1.165, 1.54) is 5.57 Å². The van der Waals surface area contributed by atoms with Gasteiger partial charge in [0.05, 0.1) is 0 Å². The summed E-state index contributed by atoms with van der Waals surface area (Å²) in [5.74, 6) is 0. The molecule has 0 fully saturated rings. The third kappa shape index (κ3) is 4.48. The van der Waals surface area contributed by atoms with E-state index in [1.54, 1.807) is 0 Å². The molecule has 0 saturated carbocycles. The topological polar surface area (TPSA) is 0 Å². The standard InChI is InChI=1S/C4H7.Ag/c1-4(2)3;/h1H,2-3H3;. The van der Waals surface area contributed by atoms with Crippen LogP contribution in [0.15, 0.2) is 9.87 Å². The van der Waals surface area contributed by atoms with E-state index < -0.39 is 0 Å². The molecule has 0 aliphatic heterocycles. The number of rotatable bonds is 0. The molecule has 5 heavy (non-hydrogen) atoms. The molecule has 0 saturated heterocycles. The molecule has 0 N–H and O–H groups in total. The molecular formula is C4H7Ag. The minimum absolute atomic E-state index is 1.30. The normalized spacial score (nSPS) is 7.20. The Labute approximate surface area is 45.2 Å². The summed E-state index contributed by atoms with van der Waals surface area (Å²) >= 11 is 3.17. The predicted molar refractivity (Wildman–Crippen MR) is 19.4 cm³/mol. The van der Waals surface area contributed by atoms with Crippen LogP contribution in [0.1, 0.15) is 13.8 Å². The zero-order valence-corrected chi connectivity index (χ0v) is 4.86. The van der Waals surface area contributed by atoms with Crippen LogP contribution in [0.25, 0.3) is 0 Å². The maximum atomic E-state index is 3.17. The van der Waals surface area contributed by atoms with Crippen LogP contribution in [0.4, 0.5) is 0 Å². The van der Waals surface area contributed by atoms with Crippen LogP contribution in [-0.2, 0) is 21.1 Å². The molecule has 34 valence electrons. The Morgan fingerprint density at radius 2 is 1.80 bits per heavy atom. The van der Waals surface area contributed by atoms with Gasteiger partial charge in [0, 0.05) is 0 Å². The maximum absolute atomic E-state index is 3.17.